The Morgan fingerprint density at radius 1 is 0.274 bits per heavy atom. The first kappa shape index (κ1) is 79.8. The Balaban J connectivity index is 3.48. The molecule has 1 unspecified atom stereocenters. The predicted octanol–water partition coefficient (Wildman–Crippen LogP) is 24.9. The molecule has 0 bridgehead atoms. The Hall–Kier alpha value is -4.22. The molecule has 0 rings (SSSR count). The molecule has 0 aromatic carbocycles. The van der Waals surface area contributed by atoms with Gasteiger partial charge < -0.3 is 14.6 Å². The standard InChI is InChI=1S/C79H132O5/c1-3-5-7-9-11-13-15-17-19-21-23-25-27-29-31-33-35-37-38-39-40-42-44-46-48-50-52-54-56-58-60-62-64-66-68-70-72-74-79(82)84-77(75-80)76-83-78(81)73-71-69-67-65-63-61-59-57-55-53-51-49-47-45-43-41-36-34-32-30-28-26-24-22-20-18-16-14-12-10-8-6-4-2/h5-8,11-14,17-20,23-26,29-32,35-37,41,77,80H,3-4,9-10,15-16,21-22,27-28,33-34,38-40,42-76H2,1-2H3/b7-5-,8-6-,13-11-,14-12-,19-17-,20-18-,25-23-,26-24-,31-29-,32-30-,37-35-,41-36-. The van der Waals surface area contributed by atoms with Crippen LogP contribution in [0.3, 0.4) is 0 Å². The summed E-state index contributed by atoms with van der Waals surface area (Å²) in [6.07, 6.45) is 110. The van der Waals surface area contributed by atoms with Crippen LogP contribution in [0.15, 0.2) is 146 Å². The number of hydrogen-bond acceptors (Lipinski definition) is 5. The molecule has 5 heteroatoms. The largest absolute Gasteiger partial charge is 0.462 e. The second-order valence-corrected chi connectivity index (χ2v) is 23.2. The van der Waals surface area contributed by atoms with E-state index in [0.717, 1.165) is 116 Å². The third-order valence-corrected chi connectivity index (χ3v) is 15.1. The maximum absolute atomic E-state index is 12.4. The maximum Gasteiger partial charge on any atom is 0.306 e. The van der Waals surface area contributed by atoms with Crippen LogP contribution < -0.4 is 0 Å². The van der Waals surface area contributed by atoms with Gasteiger partial charge in [-0.1, -0.05) is 339 Å². The Bertz CT molecular complexity index is 1750. The van der Waals surface area contributed by atoms with Gasteiger partial charge in [-0.2, -0.15) is 0 Å². The molecule has 5 nitrogen and oxygen atoms in total. The SMILES string of the molecule is CC/C=C\C/C=C\C/C=C\C/C=C\C/C=C\C/C=C\CCCCCCCCCCCCCCCCCCCCC(=O)OC(CO)COC(=O)CCCCCCCCCCCCCCCC/C=C\C/C=C\C/C=C\C/C=C\C/C=C\C/C=C\CC. The van der Waals surface area contributed by atoms with E-state index in [0.29, 0.717) is 12.8 Å². The molecule has 0 aromatic heterocycles. The average molecular weight is 1160 g/mol. The molecule has 0 aliphatic rings. The van der Waals surface area contributed by atoms with Crippen molar-refractivity contribution in [3.63, 3.8) is 0 Å². The van der Waals surface area contributed by atoms with Gasteiger partial charge in [-0.05, 0) is 116 Å². The second kappa shape index (κ2) is 73.0. The minimum atomic E-state index is -0.781. The fraction of sp³-hybridized carbons (Fsp3) is 0.671. The van der Waals surface area contributed by atoms with Gasteiger partial charge in [-0.15, -0.1) is 0 Å². The number of carbonyl (C=O) groups is 2. The number of esters is 2. The van der Waals surface area contributed by atoms with Crippen LogP contribution in [0, 0.1) is 0 Å². The highest BCUT2D eigenvalue weighted by Gasteiger charge is 2.16. The van der Waals surface area contributed by atoms with Crippen LogP contribution in [0.4, 0.5) is 0 Å². The van der Waals surface area contributed by atoms with Crippen molar-refractivity contribution in [2.75, 3.05) is 13.2 Å². The molecule has 0 saturated carbocycles. The van der Waals surface area contributed by atoms with Gasteiger partial charge in [-0.25, -0.2) is 0 Å². The summed E-state index contributed by atoms with van der Waals surface area (Å²) in [6, 6.07) is 0. The number of ether oxygens (including phenoxy) is 2. The van der Waals surface area contributed by atoms with Crippen LogP contribution >= 0.6 is 0 Å². The summed E-state index contributed by atoms with van der Waals surface area (Å²) in [5.74, 6) is -0.585. The van der Waals surface area contributed by atoms with E-state index < -0.39 is 6.10 Å². The molecular formula is C79H132O5. The number of aliphatic hydroxyl groups is 1. The highest BCUT2D eigenvalue weighted by molar-refractivity contribution is 5.70. The maximum atomic E-state index is 12.4. The topological polar surface area (TPSA) is 72.8 Å². The molecule has 0 aromatic rings. The summed E-state index contributed by atoms with van der Waals surface area (Å²) in [6.45, 7) is 3.93. The quantitative estimate of drug-likeness (QED) is 0.0373. The molecule has 478 valence electrons. The monoisotopic (exact) mass is 1160 g/mol. The van der Waals surface area contributed by atoms with Gasteiger partial charge in [0.2, 0.25) is 0 Å². The zero-order valence-corrected chi connectivity index (χ0v) is 54.9. The van der Waals surface area contributed by atoms with E-state index in [-0.39, 0.29) is 25.2 Å². The number of hydrogen-bond donors (Lipinski definition) is 1. The van der Waals surface area contributed by atoms with E-state index in [1.54, 1.807) is 0 Å². The van der Waals surface area contributed by atoms with Crippen LogP contribution in [0.5, 0.6) is 0 Å². The normalized spacial score (nSPS) is 13.1. The Kier molecular flexibility index (Phi) is 69.4. The van der Waals surface area contributed by atoms with E-state index in [1.807, 2.05) is 0 Å². The van der Waals surface area contributed by atoms with Crippen molar-refractivity contribution in [1.82, 2.24) is 0 Å². The molecule has 0 fully saturated rings. The molecule has 1 N–H and O–H groups in total. The highest BCUT2D eigenvalue weighted by atomic mass is 16.6. The Morgan fingerprint density at radius 3 is 0.714 bits per heavy atom. The third kappa shape index (κ3) is 70.3. The first-order chi connectivity index (χ1) is 41.6. The molecule has 0 heterocycles. The number of unbranched alkanes of at least 4 members (excludes halogenated alkanes) is 32. The van der Waals surface area contributed by atoms with Crippen LogP contribution in [0.25, 0.3) is 0 Å². The first-order valence-electron chi connectivity index (χ1n) is 35.4. The third-order valence-electron chi connectivity index (χ3n) is 15.1. The molecule has 0 aliphatic heterocycles. The summed E-state index contributed by atoms with van der Waals surface area (Å²) < 4.78 is 10.8. The van der Waals surface area contributed by atoms with Crippen molar-refractivity contribution in [3.05, 3.63) is 146 Å². The van der Waals surface area contributed by atoms with Gasteiger partial charge in [0.15, 0.2) is 6.10 Å². The van der Waals surface area contributed by atoms with Gasteiger partial charge in [0, 0.05) is 12.8 Å². The zero-order chi connectivity index (χ0) is 60.5. The van der Waals surface area contributed by atoms with E-state index >= 15 is 0 Å². The summed E-state index contributed by atoms with van der Waals surface area (Å²) in [4.78, 5) is 24.7. The van der Waals surface area contributed by atoms with Gasteiger partial charge >= 0.3 is 11.9 Å². The number of carbonyl (C=O) groups excluding carboxylic acids is 2. The van der Waals surface area contributed by atoms with E-state index in [9.17, 15) is 14.7 Å². The summed E-state index contributed by atoms with van der Waals surface area (Å²) >= 11 is 0. The lowest BCUT2D eigenvalue weighted by Gasteiger charge is -2.15. The van der Waals surface area contributed by atoms with Crippen molar-refractivity contribution >= 4 is 11.9 Å². The fourth-order valence-electron chi connectivity index (χ4n) is 9.92. The van der Waals surface area contributed by atoms with Gasteiger partial charge in [0.25, 0.3) is 0 Å². The molecule has 0 amide bonds. The van der Waals surface area contributed by atoms with Crippen LogP contribution in [0.2, 0.25) is 0 Å². The summed E-state index contributed by atoms with van der Waals surface area (Å²) in [7, 11) is 0. The van der Waals surface area contributed by atoms with Gasteiger partial charge in [0.1, 0.15) is 6.61 Å². The molecular weight excluding hydrogens is 1030 g/mol. The van der Waals surface area contributed by atoms with Crippen LogP contribution in [0.1, 0.15) is 322 Å². The minimum absolute atomic E-state index is 0.0696. The molecule has 0 saturated heterocycles. The number of aliphatic hydroxyl groups excluding tert-OH is 1. The van der Waals surface area contributed by atoms with Gasteiger partial charge in [-0.3, -0.25) is 9.59 Å². The molecule has 1 atom stereocenters. The second-order valence-electron chi connectivity index (χ2n) is 23.2. The fourth-order valence-corrected chi connectivity index (χ4v) is 9.92. The molecule has 0 aliphatic carbocycles. The molecule has 0 spiro atoms. The van der Waals surface area contributed by atoms with E-state index in [4.69, 9.17) is 9.47 Å². The lowest BCUT2D eigenvalue weighted by molar-refractivity contribution is -0.161. The van der Waals surface area contributed by atoms with Crippen molar-refractivity contribution in [2.45, 2.75) is 328 Å². The van der Waals surface area contributed by atoms with Crippen LogP contribution in [-0.4, -0.2) is 36.4 Å². The summed E-state index contributed by atoms with van der Waals surface area (Å²) in [5, 5.41) is 9.71. The lowest BCUT2D eigenvalue weighted by Crippen LogP contribution is -2.28. The van der Waals surface area contributed by atoms with Crippen molar-refractivity contribution in [2.24, 2.45) is 0 Å². The average Bonchev–Trinajstić information content (AvgIpc) is 3.51. The smallest absolute Gasteiger partial charge is 0.306 e. The van der Waals surface area contributed by atoms with Crippen molar-refractivity contribution in [3.8, 4) is 0 Å². The first-order valence-corrected chi connectivity index (χ1v) is 35.4. The minimum Gasteiger partial charge on any atom is -0.462 e. The highest BCUT2D eigenvalue weighted by Crippen LogP contribution is 2.17. The zero-order valence-electron chi connectivity index (χ0n) is 54.9. The van der Waals surface area contributed by atoms with E-state index in [2.05, 4.69) is 160 Å². The number of allylic oxidation sites excluding steroid dienone is 24. The molecule has 0 radical (unpaired) electrons. The number of rotatable bonds is 64. The van der Waals surface area contributed by atoms with E-state index in [1.165, 1.54) is 180 Å². The predicted molar refractivity (Wildman–Crippen MR) is 371 cm³/mol. The van der Waals surface area contributed by atoms with Crippen molar-refractivity contribution in [1.29, 1.82) is 0 Å². The summed E-state index contributed by atoms with van der Waals surface area (Å²) in [5.41, 5.74) is 0. The van der Waals surface area contributed by atoms with Crippen molar-refractivity contribution < 1.29 is 24.2 Å². The Morgan fingerprint density at radius 2 is 0.476 bits per heavy atom. The Labute approximate surface area is 520 Å². The van der Waals surface area contributed by atoms with Gasteiger partial charge in [0.05, 0.1) is 6.61 Å². The lowest BCUT2D eigenvalue weighted by atomic mass is 10.0. The molecule has 84 heavy (non-hydrogen) atoms. The van der Waals surface area contributed by atoms with Crippen LogP contribution in [-0.2, 0) is 19.1 Å².